The third-order valence-corrected chi connectivity index (χ3v) is 6.07. The Hall–Kier alpha value is -2.31. The fourth-order valence-electron chi connectivity index (χ4n) is 3.11. The molecule has 4 rings (SSSR count). The van der Waals surface area contributed by atoms with E-state index in [0.717, 1.165) is 29.8 Å². The SMILES string of the molecule is CN1CCOc2ccc3c(ccn3S(=O)(=O)c3ccccc3)c2C1. The molecule has 0 radical (unpaired) electrons. The van der Waals surface area contributed by atoms with Crippen molar-refractivity contribution in [3.63, 3.8) is 0 Å². The average Bonchev–Trinajstić information content (AvgIpc) is 2.93. The Morgan fingerprint density at radius 1 is 1.04 bits per heavy atom. The van der Waals surface area contributed by atoms with Crippen LogP contribution in [0.1, 0.15) is 5.56 Å². The summed E-state index contributed by atoms with van der Waals surface area (Å²) in [7, 11) is -1.57. The van der Waals surface area contributed by atoms with E-state index in [1.54, 1.807) is 36.5 Å². The van der Waals surface area contributed by atoms with E-state index < -0.39 is 10.0 Å². The second kappa shape index (κ2) is 5.65. The summed E-state index contributed by atoms with van der Waals surface area (Å²) in [5, 5.41) is 0.917. The van der Waals surface area contributed by atoms with Gasteiger partial charge >= 0.3 is 0 Å². The van der Waals surface area contributed by atoms with Gasteiger partial charge in [-0.1, -0.05) is 18.2 Å². The van der Waals surface area contributed by atoms with Crippen molar-refractivity contribution in [2.24, 2.45) is 0 Å². The van der Waals surface area contributed by atoms with Crippen LogP contribution in [-0.4, -0.2) is 37.5 Å². The number of nitrogens with zero attached hydrogens (tertiary/aromatic N) is 2. The van der Waals surface area contributed by atoms with Crippen molar-refractivity contribution in [2.45, 2.75) is 11.4 Å². The predicted molar refractivity (Wildman–Crippen MR) is 92.8 cm³/mol. The van der Waals surface area contributed by atoms with Gasteiger partial charge in [0.15, 0.2) is 0 Å². The van der Waals surface area contributed by atoms with E-state index in [2.05, 4.69) is 4.90 Å². The zero-order valence-corrected chi connectivity index (χ0v) is 14.2. The number of aromatic nitrogens is 1. The van der Waals surface area contributed by atoms with E-state index in [9.17, 15) is 8.42 Å². The topological polar surface area (TPSA) is 51.5 Å². The summed E-state index contributed by atoms with van der Waals surface area (Å²) >= 11 is 0. The summed E-state index contributed by atoms with van der Waals surface area (Å²) < 4.78 is 33.0. The van der Waals surface area contributed by atoms with Crippen LogP contribution in [0.25, 0.3) is 10.9 Å². The molecule has 0 aliphatic carbocycles. The highest BCUT2D eigenvalue weighted by Gasteiger charge is 2.22. The first-order chi connectivity index (χ1) is 11.6. The van der Waals surface area contributed by atoms with Crippen LogP contribution in [0.5, 0.6) is 5.75 Å². The molecule has 1 aliphatic rings. The van der Waals surface area contributed by atoms with Gasteiger partial charge in [-0.25, -0.2) is 12.4 Å². The van der Waals surface area contributed by atoms with Crippen LogP contribution in [0.2, 0.25) is 0 Å². The van der Waals surface area contributed by atoms with Gasteiger partial charge in [-0.05, 0) is 37.4 Å². The number of benzene rings is 2. The molecule has 24 heavy (non-hydrogen) atoms. The van der Waals surface area contributed by atoms with E-state index in [-0.39, 0.29) is 4.90 Å². The number of rotatable bonds is 2. The molecule has 0 saturated heterocycles. The van der Waals surface area contributed by atoms with Crippen molar-refractivity contribution < 1.29 is 13.2 Å². The molecular weight excluding hydrogens is 324 g/mol. The van der Waals surface area contributed by atoms with Crippen LogP contribution >= 0.6 is 0 Å². The van der Waals surface area contributed by atoms with Crippen LogP contribution in [0.3, 0.4) is 0 Å². The quantitative estimate of drug-likeness (QED) is 0.718. The lowest BCUT2D eigenvalue weighted by molar-refractivity contribution is 0.259. The van der Waals surface area contributed by atoms with Crippen molar-refractivity contribution in [2.75, 3.05) is 20.2 Å². The number of hydrogen-bond donors (Lipinski definition) is 0. The van der Waals surface area contributed by atoms with Gasteiger partial charge in [0.25, 0.3) is 10.0 Å². The number of ether oxygens (including phenoxy) is 1. The predicted octanol–water partition coefficient (Wildman–Crippen LogP) is 2.70. The first-order valence-electron chi connectivity index (χ1n) is 7.82. The van der Waals surface area contributed by atoms with Crippen LogP contribution in [0.15, 0.2) is 59.6 Å². The Kier molecular flexibility index (Phi) is 3.58. The summed E-state index contributed by atoms with van der Waals surface area (Å²) in [6.07, 6.45) is 1.62. The normalized spacial score (nSPS) is 15.7. The van der Waals surface area contributed by atoms with Crippen molar-refractivity contribution in [1.82, 2.24) is 8.87 Å². The minimum atomic E-state index is -3.61. The number of hydrogen-bond acceptors (Lipinski definition) is 4. The van der Waals surface area contributed by atoms with Crippen LogP contribution in [-0.2, 0) is 16.6 Å². The minimum Gasteiger partial charge on any atom is -0.492 e. The fourth-order valence-corrected chi connectivity index (χ4v) is 4.47. The van der Waals surface area contributed by atoms with Gasteiger partial charge in [0.1, 0.15) is 12.4 Å². The fraction of sp³-hybridized carbons (Fsp3) is 0.222. The molecule has 124 valence electrons. The molecule has 0 N–H and O–H groups in total. The molecule has 0 atom stereocenters. The second-order valence-electron chi connectivity index (χ2n) is 5.99. The van der Waals surface area contributed by atoms with Crippen LogP contribution in [0.4, 0.5) is 0 Å². The molecular formula is C18H18N2O3S. The summed E-state index contributed by atoms with van der Waals surface area (Å²) in [5.74, 6) is 0.835. The Labute approximate surface area is 141 Å². The molecule has 1 aliphatic heterocycles. The average molecular weight is 342 g/mol. The van der Waals surface area contributed by atoms with Gasteiger partial charge in [-0.3, -0.25) is 4.90 Å². The second-order valence-corrected chi connectivity index (χ2v) is 7.81. The van der Waals surface area contributed by atoms with Gasteiger partial charge in [-0.15, -0.1) is 0 Å². The minimum absolute atomic E-state index is 0.283. The van der Waals surface area contributed by atoms with Crippen molar-refractivity contribution in [3.8, 4) is 5.75 Å². The molecule has 5 nitrogen and oxygen atoms in total. The standard InChI is InChI=1S/C18H18N2O3S/c1-19-11-12-23-18-8-7-17-15(16(18)13-19)9-10-20(17)24(21,22)14-5-3-2-4-6-14/h2-10H,11-13H2,1H3. The summed E-state index contributed by atoms with van der Waals surface area (Å²) in [4.78, 5) is 2.46. The molecule has 0 bridgehead atoms. The molecule has 1 aromatic heterocycles. The largest absolute Gasteiger partial charge is 0.492 e. The third-order valence-electron chi connectivity index (χ3n) is 4.36. The molecule has 0 fully saturated rings. The lowest BCUT2D eigenvalue weighted by atomic mass is 10.1. The molecule has 2 heterocycles. The Morgan fingerprint density at radius 2 is 1.83 bits per heavy atom. The Bertz CT molecular complexity index is 994. The van der Waals surface area contributed by atoms with E-state index in [1.807, 2.05) is 25.2 Å². The van der Waals surface area contributed by atoms with Gasteiger partial charge in [0.2, 0.25) is 0 Å². The molecule has 0 unspecified atom stereocenters. The van der Waals surface area contributed by atoms with Gasteiger partial charge in [0.05, 0.1) is 10.4 Å². The van der Waals surface area contributed by atoms with Crippen molar-refractivity contribution in [1.29, 1.82) is 0 Å². The van der Waals surface area contributed by atoms with Crippen LogP contribution < -0.4 is 4.74 Å². The summed E-state index contributed by atoms with van der Waals surface area (Å²) in [6.45, 7) is 2.22. The number of fused-ring (bicyclic) bond motifs is 3. The highest BCUT2D eigenvalue weighted by molar-refractivity contribution is 7.90. The van der Waals surface area contributed by atoms with E-state index >= 15 is 0 Å². The molecule has 0 saturated carbocycles. The molecule has 2 aromatic carbocycles. The van der Waals surface area contributed by atoms with Crippen molar-refractivity contribution >= 4 is 20.9 Å². The van der Waals surface area contributed by atoms with E-state index in [0.29, 0.717) is 12.1 Å². The highest BCUT2D eigenvalue weighted by Crippen LogP contribution is 2.32. The third kappa shape index (κ3) is 2.39. The lowest BCUT2D eigenvalue weighted by Gasteiger charge is -2.13. The van der Waals surface area contributed by atoms with E-state index in [4.69, 9.17) is 4.74 Å². The first kappa shape index (κ1) is 15.2. The smallest absolute Gasteiger partial charge is 0.268 e. The zero-order chi connectivity index (χ0) is 16.7. The monoisotopic (exact) mass is 342 g/mol. The molecule has 3 aromatic rings. The van der Waals surface area contributed by atoms with Gasteiger partial charge < -0.3 is 4.74 Å². The maximum atomic E-state index is 12.9. The maximum absolute atomic E-state index is 12.9. The van der Waals surface area contributed by atoms with Crippen LogP contribution in [0, 0.1) is 0 Å². The lowest BCUT2D eigenvalue weighted by Crippen LogP contribution is -2.20. The Morgan fingerprint density at radius 3 is 2.62 bits per heavy atom. The van der Waals surface area contributed by atoms with Gasteiger partial charge in [-0.2, -0.15) is 0 Å². The first-order valence-corrected chi connectivity index (χ1v) is 9.26. The van der Waals surface area contributed by atoms with E-state index in [1.165, 1.54) is 3.97 Å². The summed E-state index contributed by atoms with van der Waals surface area (Å²) in [6, 6.07) is 14.0. The highest BCUT2D eigenvalue weighted by atomic mass is 32.2. The Balaban J connectivity index is 1.91. The maximum Gasteiger partial charge on any atom is 0.268 e. The summed E-state index contributed by atoms with van der Waals surface area (Å²) in [5.41, 5.74) is 1.71. The molecule has 0 amide bonds. The zero-order valence-electron chi connectivity index (χ0n) is 13.3. The van der Waals surface area contributed by atoms with Gasteiger partial charge in [0, 0.05) is 30.2 Å². The van der Waals surface area contributed by atoms with Crippen molar-refractivity contribution in [3.05, 3.63) is 60.3 Å². The molecule has 0 spiro atoms. The molecule has 6 heteroatoms. The number of likely N-dealkylation sites (N-methyl/N-ethyl adjacent to an activating group) is 1.